The van der Waals surface area contributed by atoms with Crippen LogP contribution in [0.25, 0.3) is 0 Å². The molecule has 0 saturated carbocycles. The predicted octanol–water partition coefficient (Wildman–Crippen LogP) is 2.85. The van der Waals surface area contributed by atoms with E-state index in [0.29, 0.717) is 16.7 Å². The highest BCUT2D eigenvalue weighted by Crippen LogP contribution is 2.25. The molecule has 10 nitrogen and oxygen atoms in total. The standard InChI is InChI=1S/C26H38BN3O7S/c1-16(2)38(35,36)23-10-9-21(13-19(23)14-28-25(32)37-26(5,6)7)29-24(31)30(8)15-22-17(3)11-20(27(33)34)12-18(22)4/h9-13,16,33-34H,14-15H2,1-8H3,(H,28,32)(H,29,31). The molecule has 0 spiro atoms. The van der Waals surface area contributed by atoms with Crippen LogP contribution in [-0.2, 0) is 27.7 Å². The molecule has 0 unspecified atom stereocenters. The van der Waals surface area contributed by atoms with Crippen molar-refractivity contribution in [3.05, 3.63) is 52.6 Å². The Morgan fingerprint density at radius 1 is 1.08 bits per heavy atom. The van der Waals surface area contributed by atoms with Crippen LogP contribution in [0.5, 0.6) is 0 Å². The number of anilines is 1. The Labute approximate surface area is 225 Å². The van der Waals surface area contributed by atoms with Crippen LogP contribution in [0.4, 0.5) is 15.3 Å². The molecule has 2 rings (SSSR count). The second-order valence-corrected chi connectivity index (χ2v) is 13.0. The highest BCUT2D eigenvalue weighted by atomic mass is 32.2. The quantitative estimate of drug-likeness (QED) is 0.372. The number of urea groups is 1. The number of aryl methyl sites for hydroxylation is 2. The maximum atomic E-state index is 13.0. The minimum absolute atomic E-state index is 0.0623. The molecule has 0 saturated heterocycles. The summed E-state index contributed by atoms with van der Waals surface area (Å²) in [5.74, 6) is 0. The van der Waals surface area contributed by atoms with Crippen LogP contribution < -0.4 is 16.1 Å². The molecular weight excluding hydrogens is 509 g/mol. The fraction of sp³-hybridized carbons (Fsp3) is 0.462. The van der Waals surface area contributed by atoms with Crippen molar-refractivity contribution in [2.45, 2.75) is 77.3 Å². The smallest absolute Gasteiger partial charge is 0.444 e. The lowest BCUT2D eigenvalue weighted by atomic mass is 9.77. The van der Waals surface area contributed by atoms with Crippen molar-refractivity contribution in [3.63, 3.8) is 0 Å². The number of alkyl carbamates (subject to hydrolysis) is 1. The zero-order valence-electron chi connectivity index (χ0n) is 23.2. The summed E-state index contributed by atoms with van der Waals surface area (Å²) < 4.78 is 31.1. The third kappa shape index (κ3) is 8.21. The van der Waals surface area contributed by atoms with Crippen molar-refractivity contribution in [3.8, 4) is 0 Å². The summed E-state index contributed by atoms with van der Waals surface area (Å²) in [5, 5.41) is 23.6. The van der Waals surface area contributed by atoms with Gasteiger partial charge in [0.25, 0.3) is 0 Å². The first-order valence-electron chi connectivity index (χ1n) is 12.2. The molecule has 4 N–H and O–H groups in total. The molecule has 0 aromatic heterocycles. The number of hydrogen-bond donors (Lipinski definition) is 4. The molecule has 38 heavy (non-hydrogen) atoms. The highest BCUT2D eigenvalue weighted by Gasteiger charge is 2.24. The number of nitrogens with zero attached hydrogens (tertiary/aromatic N) is 1. The van der Waals surface area contributed by atoms with Crippen LogP contribution in [0.2, 0.25) is 0 Å². The number of carbonyl (C=O) groups excluding carboxylic acids is 2. The highest BCUT2D eigenvalue weighted by molar-refractivity contribution is 7.92. The minimum Gasteiger partial charge on any atom is -0.444 e. The number of amides is 3. The van der Waals surface area contributed by atoms with Crippen LogP contribution in [-0.4, -0.2) is 60.5 Å². The summed E-state index contributed by atoms with van der Waals surface area (Å²) in [6.07, 6.45) is -0.690. The fourth-order valence-corrected chi connectivity index (χ4v) is 5.02. The Morgan fingerprint density at radius 3 is 2.16 bits per heavy atom. The molecule has 0 aliphatic carbocycles. The molecule has 0 bridgehead atoms. The van der Waals surface area contributed by atoms with Gasteiger partial charge < -0.3 is 30.3 Å². The Morgan fingerprint density at radius 2 is 1.66 bits per heavy atom. The Kier molecular flexibility index (Phi) is 9.98. The molecule has 3 amide bonds. The van der Waals surface area contributed by atoms with Crippen LogP contribution in [0.15, 0.2) is 35.2 Å². The zero-order valence-corrected chi connectivity index (χ0v) is 24.1. The van der Waals surface area contributed by atoms with E-state index >= 15 is 0 Å². The monoisotopic (exact) mass is 547 g/mol. The molecule has 0 aliphatic rings. The second-order valence-electron chi connectivity index (χ2n) is 10.6. The van der Waals surface area contributed by atoms with E-state index in [4.69, 9.17) is 4.74 Å². The first-order valence-corrected chi connectivity index (χ1v) is 13.8. The van der Waals surface area contributed by atoms with Gasteiger partial charge in [0.05, 0.1) is 10.1 Å². The van der Waals surface area contributed by atoms with Crippen molar-refractivity contribution in [1.29, 1.82) is 0 Å². The first kappa shape index (κ1) is 31.1. The van der Waals surface area contributed by atoms with E-state index in [9.17, 15) is 28.1 Å². The van der Waals surface area contributed by atoms with Crippen molar-refractivity contribution >= 4 is 40.2 Å². The van der Waals surface area contributed by atoms with E-state index < -0.39 is 39.9 Å². The van der Waals surface area contributed by atoms with Crippen molar-refractivity contribution in [2.24, 2.45) is 0 Å². The van der Waals surface area contributed by atoms with Crippen molar-refractivity contribution in [1.82, 2.24) is 10.2 Å². The molecule has 2 aromatic carbocycles. The lowest BCUT2D eigenvalue weighted by Crippen LogP contribution is -2.33. The summed E-state index contributed by atoms with van der Waals surface area (Å²) in [6, 6.07) is 7.34. The zero-order chi connectivity index (χ0) is 29.0. The van der Waals surface area contributed by atoms with E-state index in [-0.39, 0.29) is 18.0 Å². The Balaban J connectivity index is 2.27. The molecule has 12 heteroatoms. The summed E-state index contributed by atoms with van der Waals surface area (Å²) in [5.41, 5.74) is 2.82. The molecule has 0 heterocycles. The SMILES string of the molecule is Cc1cc(B(O)O)cc(C)c1CN(C)C(=O)Nc1ccc(S(=O)(=O)C(C)C)c(CNC(=O)OC(C)(C)C)c1. The summed E-state index contributed by atoms with van der Waals surface area (Å²) in [4.78, 5) is 26.7. The third-order valence-corrected chi connectivity index (χ3v) is 8.07. The lowest BCUT2D eigenvalue weighted by molar-refractivity contribution is 0.0523. The number of hydrogen-bond acceptors (Lipinski definition) is 7. The average molecular weight is 547 g/mol. The maximum Gasteiger partial charge on any atom is 0.488 e. The Hall–Kier alpha value is -3.09. The van der Waals surface area contributed by atoms with Gasteiger partial charge in [0.1, 0.15) is 5.60 Å². The number of carbonyl (C=O) groups is 2. The summed E-state index contributed by atoms with van der Waals surface area (Å²) >= 11 is 0. The van der Waals surface area contributed by atoms with Gasteiger partial charge in [0.15, 0.2) is 9.84 Å². The largest absolute Gasteiger partial charge is 0.488 e. The molecule has 0 radical (unpaired) electrons. The molecular formula is C26H38BN3O7S. The summed E-state index contributed by atoms with van der Waals surface area (Å²) in [7, 11) is -3.63. The predicted molar refractivity (Wildman–Crippen MR) is 148 cm³/mol. The van der Waals surface area contributed by atoms with Gasteiger partial charge in [-0.25, -0.2) is 18.0 Å². The second kappa shape index (κ2) is 12.2. The molecule has 0 aliphatic heterocycles. The lowest BCUT2D eigenvalue weighted by Gasteiger charge is -2.22. The van der Waals surface area contributed by atoms with E-state index in [1.165, 1.54) is 23.1 Å². The molecule has 208 valence electrons. The maximum absolute atomic E-state index is 13.0. The van der Waals surface area contributed by atoms with E-state index in [2.05, 4.69) is 10.6 Å². The number of sulfone groups is 1. The minimum atomic E-state index is -3.66. The van der Waals surface area contributed by atoms with Gasteiger partial charge in [0, 0.05) is 25.8 Å². The van der Waals surface area contributed by atoms with Crippen LogP contribution in [0.3, 0.4) is 0 Å². The third-order valence-electron chi connectivity index (χ3n) is 5.82. The molecule has 2 aromatic rings. The van der Waals surface area contributed by atoms with E-state index in [1.54, 1.807) is 53.8 Å². The van der Waals surface area contributed by atoms with Gasteiger partial charge in [-0.1, -0.05) is 12.1 Å². The number of benzene rings is 2. The van der Waals surface area contributed by atoms with E-state index in [0.717, 1.165) is 16.7 Å². The van der Waals surface area contributed by atoms with Gasteiger partial charge in [-0.15, -0.1) is 0 Å². The van der Waals surface area contributed by atoms with Crippen LogP contribution in [0, 0.1) is 13.8 Å². The van der Waals surface area contributed by atoms with Crippen molar-refractivity contribution < 1.29 is 32.8 Å². The topological polar surface area (TPSA) is 145 Å². The molecule has 0 fully saturated rings. The fourth-order valence-electron chi connectivity index (χ4n) is 3.76. The van der Waals surface area contributed by atoms with Gasteiger partial charge in [-0.3, -0.25) is 0 Å². The number of rotatable bonds is 8. The number of ether oxygens (including phenoxy) is 1. The van der Waals surface area contributed by atoms with Crippen LogP contribution >= 0.6 is 0 Å². The summed E-state index contributed by atoms with van der Waals surface area (Å²) in [6.45, 7) is 12.1. The Bertz CT molecular complexity index is 1270. The van der Waals surface area contributed by atoms with Gasteiger partial charge >= 0.3 is 19.2 Å². The van der Waals surface area contributed by atoms with E-state index in [1.807, 2.05) is 13.8 Å². The van der Waals surface area contributed by atoms with Gasteiger partial charge in [0.2, 0.25) is 0 Å². The number of nitrogens with one attached hydrogen (secondary N) is 2. The molecule has 0 atom stereocenters. The van der Waals surface area contributed by atoms with Gasteiger partial charge in [-0.2, -0.15) is 0 Å². The van der Waals surface area contributed by atoms with Crippen molar-refractivity contribution in [2.75, 3.05) is 12.4 Å². The van der Waals surface area contributed by atoms with Crippen LogP contribution in [0.1, 0.15) is 56.9 Å². The van der Waals surface area contributed by atoms with Gasteiger partial charge in [-0.05, 0) is 94.4 Å². The average Bonchev–Trinajstić information content (AvgIpc) is 2.78. The first-order chi connectivity index (χ1) is 17.4. The normalized spacial score (nSPS) is 11.8.